The van der Waals surface area contributed by atoms with Crippen LogP contribution in [0.25, 0.3) is 0 Å². The molecule has 1 aliphatic rings. The standard InChI is InChI=1S/C11H13FN2O2/c12-8-4-3-6-13-10(8)14-7-2-1-5-9(14)11(15)16/h3-4,6,9H,1-2,5,7H2,(H,15,16). The molecule has 0 saturated carbocycles. The summed E-state index contributed by atoms with van der Waals surface area (Å²) in [4.78, 5) is 16.5. The zero-order chi connectivity index (χ0) is 11.5. The lowest BCUT2D eigenvalue weighted by Gasteiger charge is -2.33. The van der Waals surface area contributed by atoms with Crippen LogP contribution in [0.3, 0.4) is 0 Å². The van der Waals surface area contributed by atoms with Gasteiger partial charge in [-0.15, -0.1) is 0 Å². The third-order valence-corrected chi connectivity index (χ3v) is 2.80. The molecule has 2 heterocycles. The molecule has 1 aromatic rings. The first-order valence-electron chi connectivity index (χ1n) is 5.30. The summed E-state index contributed by atoms with van der Waals surface area (Å²) in [5.41, 5.74) is 0. The van der Waals surface area contributed by atoms with Crippen molar-refractivity contribution in [1.82, 2.24) is 4.98 Å². The first-order valence-corrected chi connectivity index (χ1v) is 5.30. The monoisotopic (exact) mass is 224 g/mol. The molecule has 1 unspecified atom stereocenters. The highest BCUT2D eigenvalue weighted by Crippen LogP contribution is 2.25. The van der Waals surface area contributed by atoms with Gasteiger partial charge in [0, 0.05) is 12.7 Å². The maximum absolute atomic E-state index is 13.5. The Morgan fingerprint density at radius 2 is 2.38 bits per heavy atom. The molecule has 0 aromatic carbocycles. The van der Waals surface area contributed by atoms with E-state index in [0.29, 0.717) is 13.0 Å². The second kappa shape index (κ2) is 4.47. The zero-order valence-corrected chi connectivity index (χ0v) is 8.77. The Morgan fingerprint density at radius 1 is 1.56 bits per heavy atom. The van der Waals surface area contributed by atoms with E-state index in [1.807, 2.05) is 0 Å². The number of nitrogens with zero attached hydrogens (tertiary/aromatic N) is 2. The van der Waals surface area contributed by atoms with Crippen LogP contribution in [-0.4, -0.2) is 28.6 Å². The molecule has 1 aliphatic heterocycles. The van der Waals surface area contributed by atoms with Crippen LogP contribution in [0.1, 0.15) is 19.3 Å². The fourth-order valence-electron chi connectivity index (χ4n) is 2.03. The fraction of sp³-hybridized carbons (Fsp3) is 0.455. The molecule has 0 radical (unpaired) electrons. The van der Waals surface area contributed by atoms with Crippen molar-refractivity contribution in [3.63, 3.8) is 0 Å². The van der Waals surface area contributed by atoms with Crippen LogP contribution in [-0.2, 0) is 4.79 Å². The van der Waals surface area contributed by atoms with Gasteiger partial charge in [-0.1, -0.05) is 0 Å². The zero-order valence-electron chi connectivity index (χ0n) is 8.77. The van der Waals surface area contributed by atoms with E-state index in [0.717, 1.165) is 12.8 Å². The highest BCUT2D eigenvalue weighted by atomic mass is 19.1. The number of aliphatic carboxylic acids is 1. The van der Waals surface area contributed by atoms with Crippen molar-refractivity contribution in [1.29, 1.82) is 0 Å². The molecule has 1 aromatic heterocycles. The van der Waals surface area contributed by atoms with Gasteiger partial charge in [0.05, 0.1) is 0 Å². The smallest absolute Gasteiger partial charge is 0.326 e. The highest BCUT2D eigenvalue weighted by Gasteiger charge is 2.30. The third-order valence-electron chi connectivity index (χ3n) is 2.80. The molecule has 1 fully saturated rings. The number of carboxylic acid groups (broad SMARTS) is 1. The Kier molecular flexibility index (Phi) is 3.03. The number of aromatic nitrogens is 1. The summed E-state index contributed by atoms with van der Waals surface area (Å²) in [6.07, 6.45) is 3.76. The molecule has 0 aliphatic carbocycles. The van der Waals surface area contributed by atoms with Crippen molar-refractivity contribution in [3.8, 4) is 0 Å². The Labute approximate surface area is 92.7 Å². The Balaban J connectivity index is 2.30. The van der Waals surface area contributed by atoms with E-state index < -0.39 is 17.8 Å². The Morgan fingerprint density at radius 3 is 3.06 bits per heavy atom. The van der Waals surface area contributed by atoms with Crippen LogP contribution >= 0.6 is 0 Å². The molecule has 0 amide bonds. The van der Waals surface area contributed by atoms with Crippen molar-refractivity contribution in [2.45, 2.75) is 25.3 Å². The molecule has 2 rings (SSSR count). The molecule has 4 nitrogen and oxygen atoms in total. The van der Waals surface area contributed by atoms with Crippen molar-refractivity contribution < 1.29 is 14.3 Å². The molecule has 1 saturated heterocycles. The van der Waals surface area contributed by atoms with E-state index in [9.17, 15) is 9.18 Å². The first kappa shape index (κ1) is 10.9. The highest BCUT2D eigenvalue weighted by molar-refractivity contribution is 5.78. The lowest BCUT2D eigenvalue weighted by molar-refractivity contribution is -0.139. The minimum Gasteiger partial charge on any atom is -0.480 e. The lowest BCUT2D eigenvalue weighted by Crippen LogP contribution is -2.45. The number of anilines is 1. The van der Waals surface area contributed by atoms with Crippen molar-refractivity contribution in [2.75, 3.05) is 11.4 Å². The third kappa shape index (κ3) is 1.98. The minimum atomic E-state index is -0.912. The van der Waals surface area contributed by atoms with Gasteiger partial charge >= 0.3 is 5.97 Å². The molecular weight excluding hydrogens is 211 g/mol. The lowest BCUT2D eigenvalue weighted by atomic mass is 10.0. The van der Waals surface area contributed by atoms with E-state index in [1.54, 1.807) is 4.90 Å². The number of rotatable bonds is 2. The molecule has 16 heavy (non-hydrogen) atoms. The van der Waals surface area contributed by atoms with Crippen LogP contribution in [0.2, 0.25) is 0 Å². The summed E-state index contributed by atoms with van der Waals surface area (Å²) in [6, 6.07) is 2.15. The van der Waals surface area contributed by atoms with Gasteiger partial charge in [-0.05, 0) is 31.4 Å². The summed E-state index contributed by atoms with van der Waals surface area (Å²) in [7, 11) is 0. The number of piperidine rings is 1. The number of halogens is 1. The second-order valence-electron chi connectivity index (χ2n) is 3.85. The van der Waals surface area contributed by atoms with Gasteiger partial charge in [0.1, 0.15) is 6.04 Å². The van der Waals surface area contributed by atoms with Crippen LogP contribution < -0.4 is 4.90 Å². The summed E-state index contributed by atoms with van der Waals surface area (Å²) < 4.78 is 13.5. The van der Waals surface area contributed by atoms with Gasteiger partial charge in [0.15, 0.2) is 11.6 Å². The van der Waals surface area contributed by atoms with E-state index in [4.69, 9.17) is 5.11 Å². The molecule has 5 heteroatoms. The van der Waals surface area contributed by atoms with Crippen molar-refractivity contribution >= 4 is 11.8 Å². The quantitative estimate of drug-likeness (QED) is 0.830. The molecule has 1 atom stereocenters. The van der Waals surface area contributed by atoms with E-state index >= 15 is 0 Å². The van der Waals surface area contributed by atoms with E-state index in [-0.39, 0.29) is 5.82 Å². The van der Waals surface area contributed by atoms with Crippen molar-refractivity contribution in [2.24, 2.45) is 0 Å². The average molecular weight is 224 g/mol. The van der Waals surface area contributed by atoms with Crippen LogP contribution in [0, 0.1) is 5.82 Å². The topological polar surface area (TPSA) is 53.4 Å². The minimum absolute atomic E-state index is 0.148. The van der Waals surface area contributed by atoms with Crippen LogP contribution in [0.4, 0.5) is 10.2 Å². The number of pyridine rings is 1. The van der Waals surface area contributed by atoms with Gasteiger partial charge in [-0.3, -0.25) is 0 Å². The summed E-state index contributed by atoms with van der Waals surface area (Å²) in [5.74, 6) is -1.23. The largest absolute Gasteiger partial charge is 0.480 e. The van der Waals surface area contributed by atoms with Crippen LogP contribution in [0.15, 0.2) is 18.3 Å². The summed E-state index contributed by atoms with van der Waals surface area (Å²) in [6.45, 7) is 0.547. The molecule has 0 spiro atoms. The average Bonchev–Trinajstić information content (AvgIpc) is 2.29. The maximum Gasteiger partial charge on any atom is 0.326 e. The van der Waals surface area contributed by atoms with E-state index in [1.165, 1.54) is 18.3 Å². The van der Waals surface area contributed by atoms with Gasteiger partial charge in [-0.2, -0.15) is 0 Å². The van der Waals surface area contributed by atoms with E-state index in [2.05, 4.69) is 4.98 Å². The fourth-order valence-corrected chi connectivity index (χ4v) is 2.03. The summed E-state index contributed by atoms with van der Waals surface area (Å²) >= 11 is 0. The number of hydrogen-bond donors (Lipinski definition) is 1. The number of carbonyl (C=O) groups is 1. The first-order chi connectivity index (χ1) is 7.70. The van der Waals surface area contributed by atoms with Crippen molar-refractivity contribution in [3.05, 3.63) is 24.1 Å². The molecular formula is C11H13FN2O2. The normalized spacial score (nSPS) is 20.8. The molecule has 1 N–H and O–H groups in total. The predicted molar refractivity (Wildman–Crippen MR) is 56.8 cm³/mol. The predicted octanol–water partition coefficient (Wildman–Crippen LogP) is 1.66. The number of carboxylic acids is 1. The van der Waals surface area contributed by atoms with Gasteiger partial charge < -0.3 is 10.0 Å². The van der Waals surface area contributed by atoms with Gasteiger partial charge in [0.25, 0.3) is 0 Å². The molecule has 86 valence electrons. The summed E-state index contributed by atoms with van der Waals surface area (Å²) in [5, 5.41) is 9.07. The maximum atomic E-state index is 13.5. The SMILES string of the molecule is O=C(O)C1CCCCN1c1ncccc1F. The van der Waals surface area contributed by atoms with Crippen LogP contribution in [0.5, 0.6) is 0 Å². The van der Waals surface area contributed by atoms with Gasteiger partial charge in [-0.25, -0.2) is 14.2 Å². The second-order valence-corrected chi connectivity index (χ2v) is 3.85. The Bertz CT molecular complexity index is 397. The molecule has 0 bridgehead atoms. The Hall–Kier alpha value is -1.65. The number of hydrogen-bond acceptors (Lipinski definition) is 3. The van der Waals surface area contributed by atoms with Gasteiger partial charge in [0.2, 0.25) is 0 Å².